The fraction of sp³-hybridized carbons (Fsp3) is 0.562. The fourth-order valence-corrected chi connectivity index (χ4v) is 2.06. The van der Waals surface area contributed by atoms with Gasteiger partial charge >= 0.3 is 6.03 Å². The first-order chi connectivity index (χ1) is 9.60. The maximum absolute atomic E-state index is 11.9. The Balaban J connectivity index is 2.56. The summed E-state index contributed by atoms with van der Waals surface area (Å²) >= 11 is 0. The number of nitrogens with zero attached hydrogens (tertiary/aromatic N) is 2. The van der Waals surface area contributed by atoms with Crippen molar-refractivity contribution in [2.45, 2.75) is 33.9 Å². The van der Waals surface area contributed by atoms with Gasteiger partial charge in [0, 0.05) is 26.2 Å². The number of hydrogen-bond acceptors (Lipinski definition) is 2. The first-order valence-corrected chi connectivity index (χ1v) is 7.39. The number of carbonyl (C=O) groups is 1. The van der Waals surface area contributed by atoms with Crippen LogP contribution in [0.15, 0.2) is 24.3 Å². The second-order valence-corrected chi connectivity index (χ2v) is 4.98. The molecule has 0 bridgehead atoms. The Morgan fingerprint density at radius 3 is 2.35 bits per heavy atom. The zero-order valence-electron chi connectivity index (χ0n) is 13.1. The SMILES string of the molecule is CCN(C)Cc1cccc(CNC(=O)N(CC)CC)c1. The third kappa shape index (κ3) is 5.21. The largest absolute Gasteiger partial charge is 0.334 e. The maximum Gasteiger partial charge on any atom is 0.317 e. The minimum atomic E-state index is 0.00563. The van der Waals surface area contributed by atoms with Crippen LogP contribution in [0.1, 0.15) is 31.9 Å². The van der Waals surface area contributed by atoms with Crippen LogP contribution in [0.5, 0.6) is 0 Å². The van der Waals surface area contributed by atoms with E-state index in [-0.39, 0.29) is 6.03 Å². The summed E-state index contributed by atoms with van der Waals surface area (Å²) in [7, 11) is 2.11. The molecule has 2 amide bonds. The molecule has 0 fully saturated rings. The topological polar surface area (TPSA) is 35.6 Å². The van der Waals surface area contributed by atoms with E-state index in [2.05, 4.69) is 48.5 Å². The molecular weight excluding hydrogens is 250 g/mol. The van der Waals surface area contributed by atoms with Crippen molar-refractivity contribution in [2.75, 3.05) is 26.7 Å². The Hall–Kier alpha value is -1.55. The Labute approximate surface area is 122 Å². The minimum absolute atomic E-state index is 0.00563. The molecule has 0 aliphatic heterocycles. The van der Waals surface area contributed by atoms with E-state index in [0.717, 1.165) is 31.7 Å². The monoisotopic (exact) mass is 277 g/mol. The van der Waals surface area contributed by atoms with Crippen LogP contribution in [0.2, 0.25) is 0 Å². The number of urea groups is 1. The van der Waals surface area contributed by atoms with Crippen LogP contribution in [0.4, 0.5) is 4.79 Å². The summed E-state index contributed by atoms with van der Waals surface area (Å²) < 4.78 is 0. The molecule has 0 unspecified atom stereocenters. The highest BCUT2D eigenvalue weighted by Crippen LogP contribution is 2.07. The lowest BCUT2D eigenvalue weighted by molar-refractivity contribution is 0.203. The summed E-state index contributed by atoms with van der Waals surface area (Å²) in [6.07, 6.45) is 0. The normalized spacial score (nSPS) is 10.7. The molecule has 1 aromatic carbocycles. The first kappa shape index (κ1) is 16.5. The number of carbonyl (C=O) groups excluding carboxylic acids is 1. The number of amides is 2. The van der Waals surface area contributed by atoms with E-state index >= 15 is 0 Å². The van der Waals surface area contributed by atoms with Crippen molar-refractivity contribution in [3.63, 3.8) is 0 Å². The Kier molecular flexibility index (Phi) is 7.09. The molecule has 0 radical (unpaired) electrons. The van der Waals surface area contributed by atoms with Crippen LogP contribution < -0.4 is 5.32 Å². The molecule has 0 aromatic heterocycles. The molecule has 1 aromatic rings. The van der Waals surface area contributed by atoms with E-state index in [1.54, 1.807) is 4.90 Å². The summed E-state index contributed by atoms with van der Waals surface area (Å²) in [4.78, 5) is 15.9. The number of nitrogens with one attached hydrogen (secondary N) is 1. The standard InChI is InChI=1S/C16H27N3O/c1-5-18(4)13-15-10-8-9-14(11-15)12-17-16(20)19(6-2)7-3/h8-11H,5-7,12-13H2,1-4H3,(H,17,20). The second-order valence-electron chi connectivity index (χ2n) is 4.98. The van der Waals surface area contributed by atoms with E-state index in [4.69, 9.17) is 0 Å². The zero-order chi connectivity index (χ0) is 15.0. The van der Waals surface area contributed by atoms with Gasteiger partial charge in [-0.05, 0) is 38.6 Å². The molecule has 112 valence electrons. The average molecular weight is 277 g/mol. The molecule has 0 heterocycles. The second kappa shape index (κ2) is 8.59. The van der Waals surface area contributed by atoms with Crippen LogP contribution in [0, 0.1) is 0 Å². The molecule has 4 heteroatoms. The van der Waals surface area contributed by atoms with Crippen molar-refractivity contribution in [2.24, 2.45) is 0 Å². The first-order valence-electron chi connectivity index (χ1n) is 7.39. The molecule has 0 aliphatic rings. The van der Waals surface area contributed by atoms with Gasteiger partial charge in [0.05, 0.1) is 0 Å². The third-order valence-electron chi connectivity index (χ3n) is 3.48. The molecule has 0 aliphatic carbocycles. The van der Waals surface area contributed by atoms with Crippen molar-refractivity contribution < 1.29 is 4.79 Å². The van der Waals surface area contributed by atoms with Gasteiger partial charge in [-0.3, -0.25) is 0 Å². The summed E-state index contributed by atoms with van der Waals surface area (Å²) in [6, 6.07) is 8.40. The summed E-state index contributed by atoms with van der Waals surface area (Å²) in [5.74, 6) is 0. The highest BCUT2D eigenvalue weighted by molar-refractivity contribution is 5.74. The minimum Gasteiger partial charge on any atom is -0.334 e. The van der Waals surface area contributed by atoms with Crippen molar-refractivity contribution in [1.29, 1.82) is 0 Å². The van der Waals surface area contributed by atoms with E-state index in [1.165, 1.54) is 5.56 Å². The van der Waals surface area contributed by atoms with Crippen LogP contribution in [0.25, 0.3) is 0 Å². The molecule has 0 spiro atoms. The number of hydrogen-bond donors (Lipinski definition) is 1. The summed E-state index contributed by atoms with van der Waals surface area (Å²) in [6.45, 7) is 10.2. The van der Waals surface area contributed by atoms with Crippen molar-refractivity contribution >= 4 is 6.03 Å². The van der Waals surface area contributed by atoms with Gasteiger partial charge in [-0.1, -0.05) is 31.2 Å². The quantitative estimate of drug-likeness (QED) is 0.831. The fourth-order valence-electron chi connectivity index (χ4n) is 2.06. The summed E-state index contributed by atoms with van der Waals surface area (Å²) in [5.41, 5.74) is 2.43. The number of benzene rings is 1. The molecular formula is C16H27N3O. The highest BCUT2D eigenvalue weighted by Gasteiger charge is 2.08. The molecule has 4 nitrogen and oxygen atoms in total. The lowest BCUT2D eigenvalue weighted by Gasteiger charge is -2.19. The average Bonchev–Trinajstić information content (AvgIpc) is 2.46. The van der Waals surface area contributed by atoms with Gasteiger partial charge in [0.2, 0.25) is 0 Å². The molecule has 0 atom stereocenters. The van der Waals surface area contributed by atoms with Crippen LogP contribution in [-0.4, -0.2) is 42.5 Å². The predicted molar refractivity (Wildman–Crippen MR) is 83.6 cm³/mol. The molecule has 1 N–H and O–H groups in total. The predicted octanol–water partition coefficient (Wildman–Crippen LogP) is 2.69. The third-order valence-corrected chi connectivity index (χ3v) is 3.48. The van der Waals surface area contributed by atoms with Gasteiger partial charge in [0.1, 0.15) is 0 Å². The van der Waals surface area contributed by atoms with Crippen LogP contribution >= 0.6 is 0 Å². The smallest absolute Gasteiger partial charge is 0.317 e. The van der Waals surface area contributed by atoms with Crippen LogP contribution in [0.3, 0.4) is 0 Å². The van der Waals surface area contributed by atoms with Gasteiger partial charge < -0.3 is 15.1 Å². The van der Waals surface area contributed by atoms with Crippen LogP contribution in [-0.2, 0) is 13.1 Å². The van der Waals surface area contributed by atoms with Gasteiger partial charge in [0.15, 0.2) is 0 Å². The number of rotatable bonds is 7. The Morgan fingerprint density at radius 2 is 1.75 bits per heavy atom. The molecule has 0 saturated heterocycles. The van der Waals surface area contributed by atoms with E-state index in [1.807, 2.05) is 13.8 Å². The highest BCUT2D eigenvalue weighted by atomic mass is 16.2. The Morgan fingerprint density at radius 1 is 1.10 bits per heavy atom. The van der Waals surface area contributed by atoms with Gasteiger partial charge in [-0.25, -0.2) is 4.79 Å². The van der Waals surface area contributed by atoms with Crippen molar-refractivity contribution in [3.8, 4) is 0 Å². The van der Waals surface area contributed by atoms with E-state index in [0.29, 0.717) is 6.54 Å². The lowest BCUT2D eigenvalue weighted by Crippen LogP contribution is -2.39. The summed E-state index contributed by atoms with van der Waals surface area (Å²) in [5, 5.41) is 2.97. The van der Waals surface area contributed by atoms with Gasteiger partial charge in [-0.2, -0.15) is 0 Å². The van der Waals surface area contributed by atoms with E-state index in [9.17, 15) is 4.79 Å². The molecule has 1 rings (SSSR count). The van der Waals surface area contributed by atoms with Gasteiger partial charge in [-0.15, -0.1) is 0 Å². The van der Waals surface area contributed by atoms with Gasteiger partial charge in [0.25, 0.3) is 0 Å². The van der Waals surface area contributed by atoms with Crippen molar-refractivity contribution in [1.82, 2.24) is 15.1 Å². The van der Waals surface area contributed by atoms with E-state index < -0.39 is 0 Å². The Bertz CT molecular complexity index is 416. The zero-order valence-corrected chi connectivity index (χ0v) is 13.1. The molecule has 0 saturated carbocycles. The lowest BCUT2D eigenvalue weighted by atomic mass is 10.1. The molecule has 20 heavy (non-hydrogen) atoms. The maximum atomic E-state index is 11.9. The van der Waals surface area contributed by atoms with Crippen molar-refractivity contribution in [3.05, 3.63) is 35.4 Å².